The van der Waals surface area contributed by atoms with Crippen molar-refractivity contribution in [3.8, 4) is 0 Å². The van der Waals surface area contributed by atoms with E-state index in [0.717, 1.165) is 0 Å². The Morgan fingerprint density at radius 2 is 0.719 bits per heavy atom. The Balaban J connectivity index is 2.73. The summed E-state index contributed by atoms with van der Waals surface area (Å²) in [6.45, 7) is 0. The molecule has 0 bridgehead atoms. The van der Waals surface area contributed by atoms with Crippen LogP contribution in [-0.4, -0.2) is 59.9 Å². The maximum absolute atomic E-state index is 13.2. The van der Waals surface area contributed by atoms with Crippen LogP contribution in [0.2, 0.25) is 0 Å². The van der Waals surface area contributed by atoms with Gasteiger partial charge in [0.15, 0.2) is 0 Å². The topological polar surface area (TPSA) is 58.2 Å². The SMILES string of the molecule is O=C(NC1CCC(NC(=O)C(F)(F)C(F)(F)C(F)(F)F)CC1)C(F)(F)C(F)(F)C(F)(F)F. The Morgan fingerprint density at radius 3 is 0.906 bits per heavy atom. The molecule has 18 heteroatoms. The fourth-order valence-corrected chi connectivity index (χ4v) is 2.58. The average Bonchev–Trinajstić information content (AvgIpc) is 2.60. The number of nitrogens with one attached hydrogen (secondary N) is 2. The van der Waals surface area contributed by atoms with Crippen LogP contribution in [0.5, 0.6) is 0 Å². The molecular weight excluding hydrogens is 494 g/mol. The van der Waals surface area contributed by atoms with Crippen molar-refractivity contribution in [1.29, 1.82) is 0 Å². The zero-order chi connectivity index (χ0) is 25.6. The van der Waals surface area contributed by atoms with E-state index in [2.05, 4.69) is 0 Å². The Bertz CT molecular complexity index is 647. The number of carbonyl (C=O) groups excluding carboxylic acids is 2. The van der Waals surface area contributed by atoms with E-state index in [1.165, 1.54) is 10.6 Å². The molecule has 0 saturated heterocycles. The van der Waals surface area contributed by atoms with Crippen molar-refractivity contribution in [3.05, 3.63) is 0 Å². The van der Waals surface area contributed by atoms with Gasteiger partial charge in [0.2, 0.25) is 0 Å². The molecule has 1 saturated carbocycles. The lowest BCUT2D eigenvalue weighted by atomic mass is 9.90. The Morgan fingerprint density at radius 1 is 0.500 bits per heavy atom. The zero-order valence-electron chi connectivity index (χ0n) is 15.1. The molecule has 0 aromatic rings. The van der Waals surface area contributed by atoms with Gasteiger partial charge in [-0.05, 0) is 25.7 Å². The van der Waals surface area contributed by atoms with E-state index in [9.17, 15) is 71.1 Å². The van der Waals surface area contributed by atoms with Gasteiger partial charge in [0.1, 0.15) is 0 Å². The quantitative estimate of drug-likeness (QED) is 0.531. The minimum absolute atomic E-state index is 0.606. The van der Waals surface area contributed by atoms with Crippen molar-refractivity contribution >= 4 is 11.8 Å². The lowest BCUT2D eigenvalue weighted by molar-refractivity contribution is -0.344. The van der Waals surface area contributed by atoms with Gasteiger partial charge in [0.25, 0.3) is 11.8 Å². The highest BCUT2D eigenvalue weighted by Crippen LogP contribution is 2.47. The van der Waals surface area contributed by atoms with Gasteiger partial charge in [-0.3, -0.25) is 9.59 Å². The molecule has 32 heavy (non-hydrogen) atoms. The fourth-order valence-electron chi connectivity index (χ4n) is 2.58. The van der Waals surface area contributed by atoms with Crippen LogP contribution < -0.4 is 10.6 Å². The largest absolute Gasteiger partial charge is 0.460 e. The number of hydrogen-bond acceptors (Lipinski definition) is 2. The number of amides is 2. The van der Waals surface area contributed by atoms with Crippen molar-refractivity contribution in [3.63, 3.8) is 0 Å². The summed E-state index contributed by atoms with van der Waals surface area (Å²) < 4.78 is 177. The summed E-state index contributed by atoms with van der Waals surface area (Å²) in [4.78, 5) is 22.4. The van der Waals surface area contributed by atoms with Gasteiger partial charge in [0, 0.05) is 12.1 Å². The van der Waals surface area contributed by atoms with Gasteiger partial charge in [-0.25, -0.2) is 0 Å². The monoisotopic (exact) mass is 506 g/mol. The molecule has 0 aromatic heterocycles. The van der Waals surface area contributed by atoms with Crippen molar-refractivity contribution < 1.29 is 71.1 Å². The van der Waals surface area contributed by atoms with E-state index in [4.69, 9.17) is 0 Å². The molecule has 0 radical (unpaired) electrons. The third-order valence-electron chi connectivity index (χ3n) is 4.47. The van der Waals surface area contributed by atoms with E-state index in [1.54, 1.807) is 0 Å². The second kappa shape index (κ2) is 8.39. The van der Waals surface area contributed by atoms with Gasteiger partial charge in [-0.2, -0.15) is 61.5 Å². The van der Waals surface area contributed by atoms with Crippen LogP contribution in [0.25, 0.3) is 0 Å². The smallest absolute Gasteiger partial charge is 0.348 e. The summed E-state index contributed by atoms with van der Waals surface area (Å²) in [5, 5.41) is 2.37. The predicted octanol–water partition coefficient (Wildman–Crippen LogP) is 4.20. The standard InChI is InChI=1S/C14H12F14N2O2/c15-9(16,11(19,20)13(23,24)25)7(31)29-5-1-2-6(4-3-5)30-8(32)10(17,18)12(21,22)14(26,27)28/h5-6H,1-4H2,(H,29,31)(H,30,32). The van der Waals surface area contributed by atoms with Crippen LogP contribution in [-0.2, 0) is 9.59 Å². The van der Waals surface area contributed by atoms with Crippen LogP contribution in [0.3, 0.4) is 0 Å². The molecule has 1 aliphatic carbocycles. The number of hydrogen-bond donors (Lipinski definition) is 2. The first-order valence-corrected chi connectivity index (χ1v) is 8.26. The zero-order valence-corrected chi connectivity index (χ0v) is 15.1. The number of carbonyl (C=O) groups is 2. The first-order valence-electron chi connectivity index (χ1n) is 8.26. The summed E-state index contributed by atoms with van der Waals surface area (Å²) in [5.74, 6) is -31.9. The minimum Gasteiger partial charge on any atom is -0.348 e. The van der Waals surface area contributed by atoms with E-state index in [1.807, 2.05) is 0 Å². The average molecular weight is 506 g/mol. The van der Waals surface area contributed by atoms with E-state index in [0.29, 0.717) is 0 Å². The lowest BCUT2D eigenvalue weighted by Gasteiger charge is -2.33. The highest BCUT2D eigenvalue weighted by molar-refractivity contribution is 5.85. The molecule has 0 heterocycles. The molecular formula is C14H12F14N2O2. The molecule has 0 aliphatic heterocycles. The molecule has 0 spiro atoms. The lowest BCUT2D eigenvalue weighted by Crippen LogP contribution is -2.62. The highest BCUT2D eigenvalue weighted by atomic mass is 19.4. The molecule has 0 atom stereocenters. The summed E-state index contributed by atoms with van der Waals surface area (Å²) in [7, 11) is 0. The second-order valence-electron chi connectivity index (χ2n) is 6.79. The van der Waals surface area contributed by atoms with E-state index < -0.39 is 85.6 Å². The summed E-state index contributed by atoms with van der Waals surface area (Å²) in [5.41, 5.74) is 0. The molecule has 2 N–H and O–H groups in total. The van der Waals surface area contributed by atoms with Crippen LogP contribution >= 0.6 is 0 Å². The van der Waals surface area contributed by atoms with Crippen LogP contribution in [0.15, 0.2) is 0 Å². The molecule has 1 aliphatic rings. The van der Waals surface area contributed by atoms with Crippen molar-refractivity contribution in [2.45, 2.75) is 73.8 Å². The number of halogens is 14. The third-order valence-corrected chi connectivity index (χ3v) is 4.47. The highest BCUT2D eigenvalue weighted by Gasteiger charge is 2.77. The van der Waals surface area contributed by atoms with Gasteiger partial charge >= 0.3 is 36.0 Å². The maximum atomic E-state index is 13.2. The van der Waals surface area contributed by atoms with Crippen LogP contribution in [0.4, 0.5) is 61.5 Å². The van der Waals surface area contributed by atoms with Crippen LogP contribution in [0, 0.1) is 0 Å². The van der Waals surface area contributed by atoms with E-state index >= 15 is 0 Å². The number of alkyl halides is 14. The van der Waals surface area contributed by atoms with Gasteiger partial charge < -0.3 is 10.6 Å². The molecule has 0 unspecified atom stereocenters. The molecule has 2 amide bonds. The summed E-state index contributed by atoms with van der Waals surface area (Å²) >= 11 is 0. The van der Waals surface area contributed by atoms with Crippen molar-refractivity contribution in [2.24, 2.45) is 0 Å². The van der Waals surface area contributed by atoms with E-state index in [-0.39, 0.29) is 0 Å². The molecule has 1 rings (SSSR count). The summed E-state index contributed by atoms with van der Waals surface area (Å²) in [6, 6.07) is -3.02. The Hall–Kier alpha value is -2.04. The summed E-state index contributed by atoms with van der Waals surface area (Å²) in [6.07, 6.45) is -16.0. The Labute approximate surface area is 168 Å². The number of rotatable bonds is 6. The van der Waals surface area contributed by atoms with Gasteiger partial charge in [-0.15, -0.1) is 0 Å². The minimum atomic E-state index is -6.78. The molecule has 1 fully saturated rings. The van der Waals surface area contributed by atoms with Gasteiger partial charge in [-0.1, -0.05) is 0 Å². The molecule has 4 nitrogen and oxygen atoms in total. The Kier molecular flexibility index (Phi) is 7.34. The molecule has 188 valence electrons. The third kappa shape index (κ3) is 4.97. The predicted molar refractivity (Wildman–Crippen MR) is 74.2 cm³/mol. The molecule has 0 aromatic carbocycles. The first kappa shape index (κ1) is 28.0. The fraction of sp³-hybridized carbons (Fsp3) is 0.857. The second-order valence-corrected chi connectivity index (χ2v) is 6.79. The van der Waals surface area contributed by atoms with Crippen molar-refractivity contribution in [1.82, 2.24) is 10.6 Å². The van der Waals surface area contributed by atoms with Crippen molar-refractivity contribution in [2.75, 3.05) is 0 Å². The first-order chi connectivity index (χ1) is 14.0. The van der Waals surface area contributed by atoms with Gasteiger partial charge in [0.05, 0.1) is 0 Å². The normalized spacial score (nSPS) is 21.8. The van der Waals surface area contributed by atoms with Crippen LogP contribution in [0.1, 0.15) is 25.7 Å². The maximum Gasteiger partial charge on any atom is 0.460 e.